The number of nitrogens with one attached hydrogen (secondary N) is 1. The van der Waals surface area contributed by atoms with Gasteiger partial charge in [-0.15, -0.1) is 0 Å². The number of carbonyl (C=O) groups excluding carboxylic acids is 3. The van der Waals surface area contributed by atoms with Gasteiger partial charge in [-0.1, -0.05) is 48.9 Å². The molecular weight excluding hydrogens is 486 g/mol. The van der Waals surface area contributed by atoms with Crippen LogP contribution in [0, 0.1) is 5.92 Å². The Hall–Kier alpha value is -3.78. The van der Waals surface area contributed by atoms with Crippen LogP contribution in [-0.4, -0.2) is 44.5 Å². The van der Waals surface area contributed by atoms with Gasteiger partial charge in [0, 0.05) is 29.2 Å². The van der Waals surface area contributed by atoms with Crippen LogP contribution in [0.1, 0.15) is 35.2 Å². The Kier molecular flexibility index (Phi) is 5.79. The fourth-order valence-corrected chi connectivity index (χ4v) is 5.51. The molecule has 0 saturated heterocycles. The van der Waals surface area contributed by atoms with E-state index in [1.807, 2.05) is 30.3 Å². The molecule has 2 aliphatic heterocycles. The molecule has 1 aliphatic carbocycles. The number of esters is 1. The summed E-state index contributed by atoms with van der Waals surface area (Å²) in [6.45, 7) is 1.76. The van der Waals surface area contributed by atoms with Crippen molar-refractivity contribution in [3.63, 3.8) is 0 Å². The largest absolute Gasteiger partial charge is 0.496 e. The molecule has 36 heavy (non-hydrogen) atoms. The second-order valence-electron chi connectivity index (χ2n) is 8.88. The van der Waals surface area contributed by atoms with Crippen LogP contribution in [0.3, 0.4) is 0 Å². The predicted molar refractivity (Wildman–Crippen MR) is 130 cm³/mol. The molecule has 186 valence electrons. The van der Waals surface area contributed by atoms with Gasteiger partial charge in [-0.25, -0.2) is 4.79 Å². The highest BCUT2D eigenvalue weighted by Crippen LogP contribution is 2.55. The SMILES string of the molecule is COC(=O)C1=CC(c2ccccc2)C2=C(C[C@H](C)[C@]3(Oc4c(Cl)c(OC)cc(OC)c4C3=O)C2=O)N1. The van der Waals surface area contributed by atoms with E-state index < -0.39 is 35.0 Å². The Bertz CT molecular complexity index is 1360. The molecule has 2 aromatic rings. The molecular formula is C27H24ClNO7. The van der Waals surface area contributed by atoms with Gasteiger partial charge in [-0.3, -0.25) is 9.59 Å². The van der Waals surface area contributed by atoms with Crippen LogP contribution in [0.4, 0.5) is 0 Å². The lowest BCUT2D eigenvalue weighted by molar-refractivity contribution is -0.137. The first-order chi connectivity index (χ1) is 17.3. The normalized spacial score (nSPS) is 24.4. The number of ether oxygens (including phenoxy) is 4. The molecule has 0 amide bonds. The first-order valence-electron chi connectivity index (χ1n) is 11.4. The van der Waals surface area contributed by atoms with Gasteiger partial charge < -0.3 is 24.3 Å². The van der Waals surface area contributed by atoms with Crippen LogP contribution < -0.4 is 19.5 Å². The number of hydrogen-bond donors (Lipinski definition) is 1. The number of dihydropyridines is 1. The van der Waals surface area contributed by atoms with Crippen LogP contribution >= 0.6 is 11.6 Å². The summed E-state index contributed by atoms with van der Waals surface area (Å²) in [6.07, 6.45) is 1.92. The van der Waals surface area contributed by atoms with Crippen molar-refractivity contribution in [2.24, 2.45) is 5.92 Å². The molecule has 2 aromatic carbocycles. The van der Waals surface area contributed by atoms with E-state index in [4.69, 9.17) is 30.5 Å². The summed E-state index contributed by atoms with van der Waals surface area (Å²) in [7, 11) is 4.15. The van der Waals surface area contributed by atoms with E-state index in [2.05, 4.69) is 5.32 Å². The van der Waals surface area contributed by atoms with Gasteiger partial charge >= 0.3 is 5.97 Å². The zero-order valence-electron chi connectivity index (χ0n) is 20.1. The molecule has 2 heterocycles. The van der Waals surface area contributed by atoms with Gasteiger partial charge in [0.15, 0.2) is 5.75 Å². The van der Waals surface area contributed by atoms with Gasteiger partial charge in [0.1, 0.15) is 27.8 Å². The fraction of sp³-hybridized carbons (Fsp3) is 0.296. The van der Waals surface area contributed by atoms with Crippen molar-refractivity contribution in [1.82, 2.24) is 5.32 Å². The fourth-order valence-electron chi connectivity index (χ4n) is 5.25. The molecule has 3 atom stereocenters. The van der Waals surface area contributed by atoms with Crippen molar-refractivity contribution >= 4 is 29.1 Å². The van der Waals surface area contributed by atoms with Gasteiger partial charge in [0.2, 0.25) is 17.2 Å². The monoisotopic (exact) mass is 509 g/mol. The Balaban J connectivity index is 1.67. The Labute approximate surface area is 212 Å². The number of halogens is 1. The van der Waals surface area contributed by atoms with Crippen molar-refractivity contribution in [3.05, 3.63) is 75.6 Å². The maximum absolute atomic E-state index is 14.4. The average molecular weight is 510 g/mol. The smallest absolute Gasteiger partial charge is 0.354 e. The number of ketones is 2. The summed E-state index contributed by atoms with van der Waals surface area (Å²) in [5.74, 6) is -2.20. The number of carbonyl (C=O) groups is 3. The Morgan fingerprint density at radius 2 is 1.78 bits per heavy atom. The lowest BCUT2D eigenvalue weighted by Crippen LogP contribution is -2.58. The number of hydrogen-bond acceptors (Lipinski definition) is 8. The summed E-state index contributed by atoms with van der Waals surface area (Å²) >= 11 is 6.52. The van der Waals surface area contributed by atoms with Crippen molar-refractivity contribution in [3.8, 4) is 17.2 Å². The second kappa shape index (κ2) is 8.71. The number of allylic oxidation sites excluding steroid dienone is 2. The zero-order valence-corrected chi connectivity index (χ0v) is 20.9. The molecule has 0 bridgehead atoms. The molecule has 0 aromatic heterocycles. The minimum Gasteiger partial charge on any atom is -0.496 e. The molecule has 1 N–H and O–H groups in total. The highest BCUT2D eigenvalue weighted by atomic mass is 35.5. The first-order valence-corrected chi connectivity index (χ1v) is 11.7. The van der Waals surface area contributed by atoms with Crippen LogP contribution in [0.15, 0.2) is 59.4 Å². The van der Waals surface area contributed by atoms with Crippen LogP contribution in [0.25, 0.3) is 0 Å². The van der Waals surface area contributed by atoms with Gasteiger partial charge in [-0.2, -0.15) is 0 Å². The van der Waals surface area contributed by atoms with Crippen LogP contribution in [0.5, 0.6) is 17.2 Å². The van der Waals surface area contributed by atoms with E-state index >= 15 is 0 Å². The summed E-state index contributed by atoms with van der Waals surface area (Å²) in [6, 6.07) is 10.8. The van der Waals surface area contributed by atoms with Crippen molar-refractivity contribution in [2.45, 2.75) is 24.9 Å². The first kappa shape index (κ1) is 23.9. The highest BCUT2D eigenvalue weighted by molar-refractivity contribution is 6.36. The standard InChI is InChI=1S/C27H24ClNO7/c1-13-10-16-20(15(14-8-6-5-7-9-14)11-17(29-16)26(32)35-4)24(30)27(13)25(31)21-18(33-2)12-19(34-3)22(28)23(21)36-27/h5-9,11-13,15,29H,10H2,1-4H3/t13-,15?,27-/m0/s1. The number of benzene rings is 2. The van der Waals surface area contributed by atoms with Crippen LogP contribution in [-0.2, 0) is 14.3 Å². The Morgan fingerprint density at radius 1 is 1.08 bits per heavy atom. The molecule has 9 heteroatoms. The molecule has 0 fully saturated rings. The van der Waals surface area contributed by atoms with Crippen molar-refractivity contribution in [1.29, 1.82) is 0 Å². The average Bonchev–Trinajstić information content (AvgIpc) is 3.21. The van der Waals surface area contributed by atoms with Gasteiger partial charge in [0.25, 0.3) is 0 Å². The number of methoxy groups -OCH3 is 3. The molecule has 1 spiro atoms. The summed E-state index contributed by atoms with van der Waals surface area (Å²) in [5, 5.41) is 3.16. The predicted octanol–water partition coefficient (Wildman–Crippen LogP) is 3.98. The molecule has 8 nitrogen and oxygen atoms in total. The van der Waals surface area contributed by atoms with Gasteiger partial charge in [0.05, 0.1) is 21.3 Å². The van der Waals surface area contributed by atoms with E-state index in [0.717, 1.165) is 5.56 Å². The second-order valence-corrected chi connectivity index (χ2v) is 9.26. The number of rotatable bonds is 4. The molecule has 3 aliphatic rings. The topological polar surface area (TPSA) is 100 Å². The quantitative estimate of drug-likeness (QED) is 0.488. The lowest BCUT2D eigenvalue weighted by Gasteiger charge is -2.41. The number of fused-ring (bicyclic) bond motifs is 1. The maximum Gasteiger partial charge on any atom is 0.354 e. The summed E-state index contributed by atoms with van der Waals surface area (Å²) in [4.78, 5) is 40.8. The third-order valence-corrected chi connectivity index (χ3v) is 7.38. The van der Waals surface area contributed by atoms with E-state index in [1.165, 1.54) is 27.4 Å². The zero-order chi connectivity index (χ0) is 25.8. The minimum absolute atomic E-state index is 0.0629. The summed E-state index contributed by atoms with van der Waals surface area (Å²) < 4.78 is 21.9. The highest BCUT2D eigenvalue weighted by Gasteiger charge is 2.63. The summed E-state index contributed by atoms with van der Waals surface area (Å²) in [5.41, 5.74) is 0.200. The molecule has 0 radical (unpaired) electrons. The van der Waals surface area contributed by atoms with Crippen molar-refractivity contribution in [2.75, 3.05) is 21.3 Å². The third kappa shape index (κ3) is 3.24. The van der Waals surface area contributed by atoms with Gasteiger partial charge in [-0.05, 0) is 18.1 Å². The van der Waals surface area contributed by atoms with E-state index in [-0.39, 0.29) is 40.0 Å². The molecule has 5 rings (SSSR count). The maximum atomic E-state index is 14.4. The van der Waals surface area contributed by atoms with E-state index in [1.54, 1.807) is 13.0 Å². The lowest BCUT2D eigenvalue weighted by atomic mass is 9.67. The minimum atomic E-state index is -1.84. The van der Waals surface area contributed by atoms with E-state index in [9.17, 15) is 14.4 Å². The third-order valence-electron chi connectivity index (χ3n) is 7.02. The van der Waals surface area contributed by atoms with Crippen LogP contribution in [0.2, 0.25) is 5.02 Å². The molecule has 0 saturated carbocycles. The van der Waals surface area contributed by atoms with E-state index in [0.29, 0.717) is 11.3 Å². The van der Waals surface area contributed by atoms with Crippen molar-refractivity contribution < 1.29 is 33.3 Å². The number of Topliss-reactive ketones (excluding diaryl/α,β-unsaturated/α-hetero) is 2. The Morgan fingerprint density at radius 3 is 2.42 bits per heavy atom. The molecule has 1 unspecified atom stereocenters.